The van der Waals surface area contributed by atoms with Gasteiger partial charge in [-0.05, 0) is 36.8 Å². The molecule has 1 heterocycles. The minimum atomic E-state index is -0.220. The number of urea groups is 1. The van der Waals surface area contributed by atoms with E-state index in [4.69, 9.17) is 12.2 Å². The summed E-state index contributed by atoms with van der Waals surface area (Å²) in [5, 5.41) is 15.6. The van der Waals surface area contributed by atoms with Crippen molar-refractivity contribution in [2.45, 2.75) is 19.8 Å². The Morgan fingerprint density at radius 3 is 3.05 bits per heavy atom. The number of hydrogen-bond donors (Lipinski definition) is 3. The number of anilines is 1. The number of aromatic amines is 1. The van der Waals surface area contributed by atoms with Crippen LogP contribution in [0.4, 0.5) is 10.5 Å². The summed E-state index contributed by atoms with van der Waals surface area (Å²) in [5.74, 6) is 0. The van der Waals surface area contributed by atoms with E-state index in [0.717, 1.165) is 18.5 Å². The second-order valence-electron chi connectivity index (χ2n) is 4.20. The minimum Gasteiger partial charge on any atom is -0.338 e. The van der Waals surface area contributed by atoms with Gasteiger partial charge in [0, 0.05) is 12.2 Å². The monoisotopic (exact) mass is 292 g/mol. The maximum atomic E-state index is 11.7. The minimum absolute atomic E-state index is 0.220. The molecule has 0 fully saturated rings. The second-order valence-corrected chi connectivity index (χ2v) is 4.57. The lowest BCUT2D eigenvalue weighted by Crippen LogP contribution is -2.29. The first-order chi connectivity index (χ1) is 9.70. The summed E-state index contributed by atoms with van der Waals surface area (Å²) >= 11 is 5.03. The van der Waals surface area contributed by atoms with Crippen molar-refractivity contribution in [3.63, 3.8) is 0 Å². The molecule has 0 unspecified atom stereocenters. The van der Waals surface area contributed by atoms with Gasteiger partial charge >= 0.3 is 6.03 Å². The summed E-state index contributed by atoms with van der Waals surface area (Å²) in [6, 6.07) is 7.03. The first kappa shape index (κ1) is 14.2. The summed E-state index contributed by atoms with van der Waals surface area (Å²) in [4.78, 5) is 11.7. The van der Waals surface area contributed by atoms with Crippen LogP contribution in [0.2, 0.25) is 0 Å². The predicted molar refractivity (Wildman–Crippen MR) is 78.5 cm³/mol. The number of aromatic nitrogens is 4. The summed E-state index contributed by atoms with van der Waals surface area (Å²) in [5.41, 5.74) is 1.43. The normalized spacial score (nSPS) is 10.2. The largest absolute Gasteiger partial charge is 0.338 e. The summed E-state index contributed by atoms with van der Waals surface area (Å²) < 4.78 is 1.88. The van der Waals surface area contributed by atoms with Crippen LogP contribution in [0.5, 0.6) is 0 Å². The van der Waals surface area contributed by atoms with Crippen LogP contribution in [0, 0.1) is 4.77 Å². The molecule has 1 aromatic heterocycles. The molecule has 20 heavy (non-hydrogen) atoms. The molecule has 0 aliphatic carbocycles. The average molecular weight is 292 g/mol. The Hall–Kier alpha value is -2.22. The Labute approximate surface area is 121 Å². The first-order valence-electron chi connectivity index (χ1n) is 6.36. The molecule has 7 nitrogen and oxygen atoms in total. The lowest BCUT2D eigenvalue weighted by Gasteiger charge is -2.08. The number of tetrazole rings is 1. The smallest absolute Gasteiger partial charge is 0.319 e. The van der Waals surface area contributed by atoms with Crippen LogP contribution in [0.3, 0.4) is 0 Å². The molecule has 0 spiro atoms. The highest BCUT2D eigenvalue weighted by Gasteiger charge is 2.04. The van der Waals surface area contributed by atoms with Crippen molar-refractivity contribution in [1.29, 1.82) is 0 Å². The average Bonchev–Trinajstić information content (AvgIpc) is 2.85. The number of H-pyrrole nitrogens is 1. The quantitative estimate of drug-likeness (QED) is 0.582. The summed E-state index contributed by atoms with van der Waals surface area (Å²) in [6.45, 7) is 2.74. The molecule has 2 amide bonds. The van der Waals surface area contributed by atoms with Gasteiger partial charge in [-0.15, -0.1) is 0 Å². The Morgan fingerprint density at radius 1 is 1.50 bits per heavy atom. The molecule has 0 aliphatic rings. The van der Waals surface area contributed by atoms with E-state index in [9.17, 15) is 4.79 Å². The van der Waals surface area contributed by atoms with Crippen molar-refractivity contribution >= 4 is 23.9 Å². The zero-order valence-electron chi connectivity index (χ0n) is 11.1. The zero-order chi connectivity index (χ0) is 14.4. The molecule has 2 rings (SSSR count). The topological polar surface area (TPSA) is 87.6 Å². The second kappa shape index (κ2) is 6.80. The number of nitrogens with one attached hydrogen (secondary N) is 3. The fraction of sp³-hybridized carbons (Fsp3) is 0.333. The number of amides is 2. The van der Waals surface area contributed by atoms with Gasteiger partial charge in [-0.25, -0.2) is 9.48 Å². The number of rotatable bonds is 5. The highest BCUT2D eigenvalue weighted by molar-refractivity contribution is 7.71. The maximum Gasteiger partial charge on any atom is 0.319 e. The van der Waals surface area contributed by atoms with Crippen LogP contribution in [-0.2, 0) is 0 Å². The van der Waals surface area contributed by atoms with Crippen molar-refractivity contribution in [2.24, 2.45) is 0 Å². The van der Waals surface area contributed by atoms with Crippen LogP contribution in [0.1, 0.15) is 19.8 Å². The van der Waals surface area contributed by atoms with Crippen LogP contribution in [0.25, 0.3) is 5.69 Å². The molecule has 0 saturated heterocycles. The molecule has 1 aromatic carbocycles. The van der Waals surface area contributed by atoms with Gasteiger partial charge in [0.1, 0.15) is 0 Å². The number of hydrogen-bond acceptors (Lipinski definition) is 4. The SMILES string of the molecule is CCCCNC(=O)Nc1cccc(-n2[nH]nnc2=S)c1. The lowest BCUT2D eigenvalue weighted by atomic mass is 10.3. The third kappa shape index (κ3) is 3.64. The van der Waals surface area contributed by atoms with Gasteiger partial charge in [0.25, 0.3) is 0 Å². The molecule has 8 heteroatoms. The molecular weight excluding hydrogens is 276 g/mol. The Kier molecular flexibility index (Phi) is 4.83. The third-order valence-electron chi connectivity index (χ3n) is 2.65. The number of benzene rings is 1. The van der Waals surface area contributed by atoms with E-state index in [1.165, 1.54) is 0 Å². The predicted octanol–water partition coefficient (Wildman–Crippen LogP) is 2.25. The molecular formula is C12H16N6OS. The molecule has 3 N–H and O–H groups in total. The lowest BCUT2D eigenvalue weighted by molar-refractivity contribution is 0.252. The zero-order valence-corrected chi connectivity index (χ0v) is 11.9. The van der Waals surface area contributed by atoms with Crippen LogP contribution >= 0.6 is 12.2 Å². The molecule has 0 saturated carbocycles. The number of carbonyl (C=O) groups is 1. The maximum absolute atomic E-state index is 11.7. The van der Waals surface area contributed by atoms with Crippen molar-refractivity contribution in [1.82, 2.24) is 25.5 Å². The van der Waals surface area contributed by atoms with Gasteiger partial charge in [-0.1, -0.05) is 29.7 Å². The first-order valence-corrected chi connectivity index (χ1v) is 6.77. The fourth-order valence-electron chi connectivity index (χ4n) is 1.64. The molecule has 2 aromatic rings. The van der Waals surface area contributed by atoms with Crippen molar-refractivity contribution in [3.05, 3.63) is 29.0 Å². The van der Waals surface area contributed by atoms with E-state index in [-0.39, 0.29) is 6.03 Å². The molecule has 0 aliphatic heterocycles. The van der Waals surface area contributed by atoms with Crippen LogP contribution in [-0.4, -0.2) is 32.8 Å². The summed E-state index contributed by atoms with van der Waals surface area (Å²) in [7, 11) is 0. The molecule has 0 bridgehead atoms. The third-order valence-corrected chi connectivity index (χ3v) is 2.91. The van der Waals surface area contributed by atoms with E-state index in [0.29, 0.717) is 17.0 Å². The van der Waals surface area contributed by atoms with E-state index in [1.807, 2.05) is 12.1 Å². The number of carbonyl (C=O) groups excluding carboxylic acids is 1. The Balaban J connectivity index is 2.05. The standard InChI is InChI=1S/C12H16N6OS/c1-2-3-7-13-11(19)14-9-5-4-6-10(8-9)18-12(20)15-16-17-18/h4-6,8H,2-3,7H2,1H3,(H2,13,14,19)(H,15,17,20). The highest BCUT2D eigenvalue weighted by atomic mass is 32.1. The number of unbranched alkanes of at least 4 members (excludes halogenated alkanes) is 1. The van der Waals surface area contributed by atoms with Gasteiger partial charge in [-0.2, -0.15) is 5.21 Å². The van der Waals surface area contributed by atoms with Gasteiger partial charge in [0.15, 0.2) is 0 Å². The summed E-state index contributed by atoms with van der Waals surface area (Å²) in [6.07, 6.45) is 2.00. The van der Waals surface area contributed by atoms with E-state index < -0.39 is 0 Å². The van der Waals surface area contributed by atoms with Gasteiger partial charge < -0.3 is 10.6 Å². The van der Waals surface area contributed by atoms with Gasteiger partial charge in [0.05, 0.1) is 5.69 Å². The molecule has 0 atom stereocenters. The number of nitrogens with zero attached hydrogens (tertiary/aromatic N) is 3. The highest BCUT2D eigenvalue weighted by Crippen LogP contribution is 2.13. The Bertz CT molecular complexity index is 635. The van der Waals surface area contributed by atoms with Crippen molar-refractivity contribution in [2.75, 3.05) is 11.9 Å². The van der Waals surface area contributed by atoms with Crippen LogP contribution in [0.15, 0.2) is 24.3 Å². The van der Waals surface area contributed by atoms with Crippen molar-refractivity contribution < 1.29 is 4.79 Å². The van der Waals surface area contributed by atoms with E-state index in [1.54, 1.807) is 16.8 Å². The van der Waals surface area contributed by atoms with Crippen molar-refractivity contribution in [3.8, 4) is 5.69 Å². The van der Waals surface area contributed by atoms with E-state index >= 15 is 0 Å². The van der Waals surface area contributed by atoms with Gasteiger partial charge in [0.2, 0.25) is 4.77 Å². The fourth-order valence-corrected chi connectivity index (χ4v) is 1.83. The molecule has 106 valence electrons. The van der Waals surface area contributed by atoms with Crippen LogP contribution < -0.4 is 10.6 Å². The van der Waals surface area contributed by atoms with Gasteiger partial charge in [-0.3, -0.25) is 0 Å². The Morgan fingerprint density at radius 2 is 2.35 bits per heavy atom. The van der Waals surface area contributed by atoms with E-state index in [2.05, 4.69) is 33.1 Å². The molecule has 0 radical (unpaired) electrons.